The molecule has 3 N–H and O–H groups in total. The number of aliphatic hydroxyl groups is 1. The number of carbonyl (C=O) groups is 2. The summed E-state index contributed by atoms with van der Waals surface area (Å²) < 4.78 is 11.0. The number of esters is 1. The minimum absolute atomic E-state index is 0.194. The fourth-order valence-electron chi connectivity index (χ4n) is 3.78. The van der Waals surface area contributed by atoms with Gasteiger partial charge in [0, 0.05) is 13.0 Å². The molecule has 1 aromatic rings. The van der Waals surface area contributed by atoms with Gasteiger partial charge in [0.05, 0.1) is 35.5 Å². The summed E-state index contributed by atoms with van der Waals surface area (Å²) in [6.07, 6.45) is 0.560. The van der Waals surface area contributed by atoms with Gasteiger partial charge in [-0.1, -0.05) is 30.3 Å². The predicted octanol–water partition coefficient (Wildman–Crippen LogP) is 2.26. The molecule has 0 saturated heterocycles. The molecule has 2 rings (SSSR count). The number of rotatable bonds is 12. The molecule has 1 aliphatic rings. The molecule has 0 aromatic heterocycles. The van der Waals surface area contributed by atoms with E-state index >= 15 is 0 Å². The van der Waals surface area contributed by atoms with E-state index in [1.165, 1.54) is 0 Å². The Labute approximate surface area is 200 Å². The van der Waals surface area contributed by atoms with Gasteiger partial charge in [-0.2, -0.15) is 0 Å². The zero-order chi connectivity index (χ0) is 23.5. The van der Waals surface area contributed by atoms with Crippen molar-refractivity contribution in [1.82, 2.24) is 10.6 Å². The number of nitrogens with one attached hydrogen (secondary N) is 2. The summed E-state index contributed by atoms with van der Waals surface area (Å²) in [5.74, 6) is -1.85. The number of hydrogen-bond donors (Lipinski definition) is 3. The Morgan fingerprint density at radius 2 is 1.94 bits per heavy atom. The normalized spacial score (nSPS) is 26.3. The van der Waals surface area contributed by atoms with E-state index in [2.05, 4.69) is 10.6 Å². The van der Waals surface area contributed by atoms with Crippen molar-refractivity contribution in [2.75, 3.05) is 26.8 Å². The number of unbranched alkanes of at least 4 members (excludes halogenated alkanes) is 1. The molecule has 0 spiro atoms. The number of amides is 1. The van der Waals surface area contributed by atoms with Gasteiger partial charge in [0.1, 0.15) is 6.04 Å². The van der Waals surface area contributed by atoms with Crippen LogP contribution >= 0.6 is 23.2 Å². The number of aliphatic hydroxyl groups excluding tert-OH is 1. The van der Waals surface area contributed by atoms with E-state index in [4.69, 9.17) is 32.7 Å². The largest absolute Gasteiger partial charge is 0.464 e. The van der Waals surface area contributed by atoms with Crippen LogP contribution in [0.3, 0.4) is 0 Å². The second-order valence-corrected chi connectivity index (χ2v) is 9.01. The number of halogens is 2. The van der Waals surface area contributed by atoms with Crippen molar-refractivity contribution in [2.24, 2.45) is 5.92 Å². The Hall–Kier alpha value is -1.38. The Bertz CT molecular complexity index is 709. The number of ether oxygens (including phenoxy) is 2. The van der Waals surface area contributed by atoms with Crippen LogP contribution in [-0.4, -0.2) is 72.8 Å². The van der Waals surface area contributed by atoms with Crippen molar-refractivity contribution < 1.29 is 24.2 Å². The van der Waals surface area contributed by atoms with Gasteiger partial charge >= 0.3 is 5.97 Å². The van der Waals surface area contributed by atoms with Crippen molar-refractivity contribution in [1.29, 1.82) is 0 Å². The van der Waals surface area contributed by atoms with Crippen LogP contribution in [0.5, 0.6) is 0 Å². The molecule has 1 aliphatic carbocycles. The Morgan fingerprint density at radius 3 is 2.59 bits per heavy atom. The first kappa shape index (κ1) is 26.9. The number of carbonyl (C=O) groups excluding carboxylic acids is 2. The fraction of sp³-hybridized carbons (Fsp3) is 0.652. The minimum Gasteiger partial charge on any atom is -0.464 e. The Morgan fingerprint density at radius 1 is 1.22 bits per heavy atom. The lowest BCUT2D eigenvalue weighted by molar-refractivity contribution is -0.149. The molecule has 7 nitrogen and oxygen atoms in total. The molecule has 1 fully saturated rings. The molecule has 0 radical (unpaired) electrons. The molecule has 6 atom stereocenters. The van der Waals surface area contributed by atoms with Crippen LogP contribution in [-0.2, 0) is 25.5 Å². The molecule has 1 aromatic carbocycles. The second kappa shape index (κ2) is 14.0. The summed E-state index contributed by atoms with van der Waals surface area (Å²) in [6, 6.07) is 8.46. The zero-order valence-corrected chi connectivity index (χ0v) is 20.1. The average molecular weight is 489 g/mol. The Kier molecular flexibility index (Phi) is 11.8. The third-order valence-corrected chi connectivity index (χ3v) is 6.46. The fourth-order valence-corrected chi connectivity index (χ4v) is 4.70. The molecule has 0 bridgehead atoms. The van der Waals surface area contributed by atoms with Gasteiger partial charge in [0.15, 0.2) is 0 Å². The molecular formula is C23H34Cl2N2O5. The summed E-state index contributed by atoms with van der Waals surface area (Å²) in [5, 5.41) is 15.2. The van der Waals surface area contributed by atoms with E-state index < -0.39 is 46.8 Å². The number of benzene rings is 1. The summed E-state index contributed by atoms with van der Waals surface area (Å²) in [4.78, 5) is 25.4. The lowest BCUT2D eigenvalue weighted by Gasteiger charge is -2.39. The summed E-state index contributed by atoms with van der Waals surface area (Å²) in [6.45, 7) is 3.27. The molecule has 180 valence electrons. The van der Waals surface area contributed by atoms with Crippen molar-refractivity contribution in [3.8, 4) is 0 Å². The molecule has 32 heavy (non-hydrogen) atoms. The first-order chi connectivity index (χ1) is 15.4. The highest BCUT2D eigenvalue weighted by atomic mass is 35.5. The maximum absolute atomic E-state index is 13.0. The molecule has 5 unspecified atom stereocenters. The highest BCUT2D eigenvalue weighted by Gasteiger charge is 2.46. The van der Waals surface area contributed by atoms with Crippen LogP contribution in [0.15, 0.2) is 30.3 Å². The van der Waals surface area contributed by atoms with E-state index in [-0.39, 0.29) is 19.4 Å². The minimum atomic E-state index is -1.14. The van der Waals surface area contributed by atoms with Crippen molar-refractivity contribution >= 4 is 35.1 Å². The van der Waals surface area contributed by atoms with Gasteiger partial charge in [-0.05, 0) is 45.3 Å². The number of hydrogen-bond acceptors (Lipinski definition) is 6. The maximum atomic E-state index is 13.0. The highest BCUT2D eigenvalue weighted by Crippen LogP contribution is 2.34. The van der Waals surface area contributed by atoms with Crippen LogP contribution in [0.2, 0.25) is 0 Å². The van der Waals surface area contributed by atoms with Gasteiger partial charge in [-0.25, -0.2) is 4.79 Å². The quantitative estimate of drug-likeness (QED) is 0.237. The molecule has 1 amide bonds. The molecule has 0 aliphatic heterocycles. The van der Waals surface area contributed by atoms with E-state index in [1.54, 1.807) is 6.92 Å². The standard InChI is InChI=1S/C23H34Cl2N2O5/c1-3-31-23(30)18(13-15-9-5-4-6-10-15)27-22(29)16-14-17(24)21(19(25)20(16)28)32-12-8-7-11-26-2/h4-6,9-10,16-21,26,28H,3,7-8,11-14H2,1-2H3,(H,27,29)/t16?,17?,18-,19?,20?,21?/m0/s1. The van der Waals surface area contributed by atoms with Gasteiger partial charge in [-0.3, -0.25) is 4.79 Å². The Balaban J connectivity index is 1.99. The first-order valence-electron chi connectivity index (χ1n) is 11.1. The summed E-state index contributed by atoms with van der Waals surface area (Å²) >= 11 is 12.9. The second-order valence-electron chi connectivity index (χ2n) is 7.94. The van der Waals surface area contributed by atoms with Crippen molar-refractivity contribution in [3.63, 3.8) is 0 Å². The summed E-state index contributed by atoms with van der Waals surface area (Å²) in [7, 11) is 1.89. The molecule has 0 heterocycles. The van der Waals surface area contributed by atoms with Gasteiger partial charge in [0.25, 0.3) is 0 Å². The lowest BCUT2D eigenvalue weighted by Crippen LogP contribution is -2.56. The highest BCUT2D eigenvalue weighted by molar-refractivity contribution is 6.25. The van der Waals surface area contributed by atoms with Gasteiger partial charge in [-0.15, -0.1) is 23.2 Å². The lowest BCUT2D eigenvalue weighted by atomic mass is 9.83. The average Bonchev–Trinajstić information content (AvgIpc) is 2.78. The van der Waals surface area contributed by atoms with Gasteiger partial charge < -0.3 is 25.2 Å². The topological polar surface area (TPSA) is 96.9 Å². The number of alkyl halides is 2. The van der Waals surface area contributed by atoms with Crippen LogP contribution in [0, 0.1) is 5.92 Å². The third kappa shape index (κ3) is 7.89. The monoisotopic (exact) mass is 488 g/mol. The summed E-state index contributed by atoms with van der Waals surface area (Å²) in [5.41, 5.74) is 0.882. The van der Waals surface area contributed by atoms with Crippen molar-refractivity contribution in [2.45, 2.75) is 61.6 Å². The van der Waals surface area contributed by atoms with Gasteiger partial charge in [0.2, 0.25) is 5.91 Å². The van der Waals surface area contributed by atoms with E-state index in [1.807, 2.05) is 37.4 Å². The first-order valence-corrected chi connectivity index (χ1v) is 12.0. The van der Waals surface area contributed by atoms with Crippen molar-refractivity contribution in [3.05, 3.63) is 35.9 Å². The van der Waals surface area contributed by atoms with Crippen LogP contribution in [0.25, 0.3) is 0 Å². The smallest absolute Gasteiger partial charge is 0.328 e. The van der Waals surface area contributed by atoms with Crippen LogP contribution < -0.4 is 10.6 Å². The van der Waals surface area contributed by atoms with E-state index in [0.717, 1.165) is 24.9 Å². The molecular weight excluding hydrogens is 455 g/mol. The van der Waals surface area contributed by atoms with E-state index in [0.29, 0.717) is 6.61 Å². The maximum Gasteiger partial charge on any atom is 0.328 e. The molecule has 1 saturated carbocycles. The SMILES string of the molecule is CCOC(=O)[C@H](Cc1ccccc1)NC(=O)C1CC(Cl)C(OCCCCNC)C(Cl)C1O. The molecule has 9 heteroatoms. The van der Waals surface area contributed by atoms with Crippen LogP contribution in [0.4, 0.5) is 0 Å². The van der Waals surface area contributed by atoms with Crippen LogP contribution in [0.1, 0.15) is 31.7 Å². The zero-order valence-electron chi connectivity index (χ0n) is 18.6. The predicted molar refractivity (Wildman–Crippen MR) is 125 cm³/mol. The van der Waals surface area contributed by atoms with E-state index in [9.17, 15) is 14.7 Å². The third-order valence-electron chi connectivity index (χ3n) is 5.53.